The number of nitrogens with zero attached hydrogens (tertiary/aromatic N) is 1. The summed E-state index contributed by atoms with van der Waals surface area (Å²) in [5, 5.41) is 0. The molecule has 0 spiro atoms. The second-order valence-electron chi connectivity index (χ2n) is 3.92. The quantitative estimate of drug-likeness (QED) is 0.767. The van der Waals surface area contributed by atoms with Crippen molar-refractivity contribution in [1.29, 1.82) is 0 Å². The van der Waals surface area contributed by atoms with Crippen molar-refractivity contribution in [2.45, 2.75) is 26.3 Å². The first-order valence-electron chi connectivity index (χ1n) is 4.31. The van der Waals surface area contributed by atoms with E-state index in [2.05, 4.69) is 4.98 Å². The summed E-state index contributed by atoms with van der Waals surface area (Å²) in [7, 11) is 0. The van der Waals surface area contributed by atoms with Crippen molar-refractivity contribution in [3.8, 4) is 5.75 Å². The van der Waals surface area contributed by atoms with Gasteiger partial charge in [0, 0.05) is 11.7 Å². The van der Waals surface area contributed by atoms with Crippen LogP contribution in [-0.4, -0.2) is 17.1 Å². The molecule has 0 bridgehead atoms. The molecular weight excluding hydrogens is 164 g/mol. The summed E-state index contributed by atoms with van der Waals surface area (Å²) in [6.45, 7) is 6.34. The Labute approximate surface area is 78.9 Å². The van der Waals surface area contributed by atoms with Gasteiger partial charge < -0.3 is 10.5 Å². The Morgan fingerprint density at radius 3 is 2.77 bits per heavy atom. The Hall–Kier alpha value is -1.09. The molecule has 0 saturated heterocycles. The normalized spacial score (nSPS) is 11.4. The lowest BCUT2D eigenvalue weighted by atomic mass is 10.1. The van der Waals surface area contributed by atoms with Crippen LogP contribution in [-0.2, 0) is 0 Å². The number of aryl methyl sites for hydroxylation is 1. The van der Waals surface area contributed by atoms with Gasteiger partial charge in [-0.1, -0.05) is 0 Å². The van der Waals surface area contributed by atoms with Gasteiger partial charge in [0.15, 0.2) is 0 Å². The summed E-state index contributed by atoms with van der Waals surface area (Å²) in [5.41, 5.74) is 6.57. The topological polar surface area (TPSA) is 48.1 Å². The van der Waals surface area contributed by atoms with E-state index in [9.17, 15) is 0 Å². The number of ether oxygens (including phenoxy) is 1. The monoisotopic (exact) mass is 180 g/mol. The Morgan fingerprint density at radius 1 is 1.54 bits per heavy atom. The highest BCUT2D eigenvalue weighted by molar-refractivity contribution is 5.27. The van der Waals surface area contributed by atoms with Crippen LogP contribution < -0.4 is 10.5 Å². The highest BCUT2D eigenvalue weighted by atomic mass is 16.5. The first kappa shape index (κ1) is 9.99. The molecule has 0 aliphatic rings. The lowest BCUT2D eigenvalue weighted by Crippen LogP contribution is -2.38. The molecule has 1 aromatic rings. The van der Waals surface area contributed by atoms with Crippen molar-refractivity contribution < 1.29 is 4.74 Å². The average Bonchev–Trinajstić information content (AvgIpc) is 2.01. The molecule has 0 aromatic carbocycles. The molecule has 0 amide bonds. The molecule has 0 atom stereocenters. The summed E-state index contributed by atoms with van der Waals surface area (Å²) in [6.07, 6.45) is 3.46. The Bertz CT molecular complexity index is 278. The highest BCUT2D eigenvalue weighted by Gasteiger charge is 2.11. The zero-order chi connectivity index (χ0) is 9.90. The Morgan fingerprint density at radius 2 is 2.23 bits per heavy atom. The predicted molar refractivity (Wildman–Crippen MR) is 52.7 cm³/mol. The van der Waals surface area contributed by atoms with Crippen molar-refractivity contribution in [3.63, 3.8) is 0 Å². The third-order valence-electron chi connectivity index (χ3n) is 1.59. The van der Waals surface area contributed by atoms with E-state index in [0.717, 1.165) is 11.3 Å². The molecule has 0 aliphatic heterocycles. The minimum Gasteiger partial charge on any atom is -0.490 e. The van der Waals surface area contributed by atoms with Gasteiger partial charge in [-0.05, 0) is 32.4 Å². The van der Waals surface area contributed by atoms with Crippen LogP contribution in [0.5, 0.6) is 5.75 Å². The molecule has 72 valence electrons. The van der Waals surface area contributed by atoms with Crippen LogP contribution in [0.25, 0.3) is 0 Å². The van der Waals surface area contributed by atoms with Gasteiger partial charge >= 0.3 is 0 Å². The summed E-state index contributed by atoms with van der Waals surface area (Å²) in [6, 6.07) is 1.92. The van der Waals surface area contributed by atoms with Gasteiger partial charge in [0.2, 0.25) is 0 Å². The molecule has 1 rings (SSSR count). The molecule has 1 aromatic heterocycles. The fraction of sp³-hybridized carbons (Fsp3) is 0.500. The van der Waals surface area contributed by atoms with Crippen molar-refractivity contribution in [3.05, 3.63) is 24.0 Å². The smallest absolute Gasteiger partial charge is 0.140 e. The van der Waals surface area contributed by atoms with Crippen molar-refractivity contribution in [2.24, 2.45) is 5.73 Å². The van der Waals surface area contributed by atoms with E-state index in [4.69, 9.17) is 10.5 Å². The van der Waals surface area contributed by atoms with E-state index in [1.165, 1.54) is 0 Å². The van der Waals surface area contributed by atoms with E-state index in [-0.39, 0.29) is 5.54 Å². The van der Waals surface area contributed by atoms with E-state index in [1.54, 1.807) is 12.4 Å². The minimum atomic E-state index is -0.303. The van der Waals surface area contributed by atoms with Crippen molar-refractivity contribution >= 4 is 0 Å². The van der Waals surface area contributed by atoms with Crippen molar-refractivity contribution in [1.82, 2.24) is 4.98 Å². The van der Waals surface area contributed by atoms with E-state index in [1.807, 2.05) is 26.8 Å². The Balaban J connectivity index is 2.60. The molecule has 13 heavy (non-hydrogen) atoms. The average molecular weight is 180 g/mol. The maximum atomic E-state index is 5.79. The molecule has 2 N–H and O–H groups in total. The number of hydrogen-bond acceptors (Lipinski definition) is 3. The highest BCUT2D eigenvalue weighted by Crippen LogP contribution is 2.15. The van der Waals surface area contributed by atoms with Crippen molar-refractivity contribution in [2.75, 3.05) is 6.61 Å². The SMILES string of the molecule is Cc1ccncc1OCC(C)(C)N. The molecular formula is C10H16N2O. The van der Waals surface area contributed by atoms with Crippen LogP contribution in [0.2, 0.25) is 0 Å². The maximum absolute atomic E-state index is 5.79. The molecule has 0 unspecified atom stereocenters. The molecule has 0 aliphatic carbocycles. The fourth-order valence-corrected chi connectivity index (χ4v) is 0.864. The summed E-state index contributed by atoms with van der Waals surface area (Å²) in [4.78, 5) is 3.98. The van der Waals surface area contributed by atoms with Gasteiger partial charge in [0.05, 0.1) is 6.20 Å². The van der Waals surface area contributed by atoms with Crippen LogP contribution in [0.4, 0.5) is 0 Å². The number of hydrogen-bond donors (Lipinski definition) is 1. The summed E-state index contributed by atoms with van der Waals surface area (Å²) < 4.78 is 5.51. The number of pyridine rings is 1. The lowest BCUT2D eigenvalue weighted by molar-refractivity contribution is 0.241. The molecule has 1 heterocycles. The molecule has 0 radical (unpaired) electrons. The Kier molecular flexibility index (Phi) is 2.88. The number of aromatic nitrogens is 1. The van der Waals surface area contributed by atoms with Crippen LogP contribution in [0, 0.1) is 6.92 Å². The van der Waals surface area contributed by atoms with Gasteiger partial charge in [-0.15, -0.1) is 0 Å². The fourth-order valence-electron chi connectivity index (χ4n) is 0.864. The van der Waals surface area contributed by atoms with E-state index in [0.29, 0.717) is 6.61 Å². The second kappa shape index (κ2) is 3.75. The lowest BCUT2D eigenvalue weighted by Gasteiger charge is -2.19. The molecule has 0 saturated carbocycles. The third kappa shape index (κ3) is 3.42. The maximum Gasteiger partial charge on any atom is 0.140 e. The number of rotatable bonds is 3. The largest absolute Gasteiger partial charge is 0.490 e. The zero-order valence-electron chi connectivity index (χ0n) is 8.37. The third-order valence-corrected chi connectivity index (χ3v) is 1.59. The van der Waals surface area contributed by atoms with Gasteiger partial charge in [-0.3, -0.25) is 4.98 Å². The predicted octanol–water partition coefficient (Wildman–Crippen LogP) is 1.51. The van der Waals surface area contributed by atoms with Gasteiger partial charge in [0.25, 0.3) is 0 Å². The van der Waals surface area contributed by atoms with Gasteiger partial charge in [0.1, 0.15) is 12.4 Å². The standard InChI is InChI=1S/C10H16N2O/c1-8-4-5-12-6-9(8)13-7-10(2,3)11/h4-6H,7,11H2,1-3H3. The van der Waals surface area contributed by atoms with Crippen LogP contribution >= 0.6 is 0 Å². The number of nitrogens with two attached hydrogens (primary N) is 1. The van der Waals surface area contributed by atoms with Crippen LogP contribution in [0.1, 0.15) is 19.4 Å². The van der Waals surface area contributed by atoms with Crippen LogP contribution in [0.3, 0.4) is 0 Å². The molecule has 3 nitrogen and oxygen atoms in total. The van der Waals surface area contributed by atoms with E-state index >= 15 is 0 Å². The summed E-state index contributed by atoms with van der Waals surface area (Å²) in [5.74, 6) is 0.807. The minimum absolute atomic E-state index is 0.303. The zero-order valence-corrected chi connectivity index (χ0v) is 8.37. The summed E-state index contributed by atoms with van der Waals surface area (Å²) >= 11 is 0. The second-order valence-corrected chi connectivity index (χ2v) is 3.92. The van der Waals surface area contributed by atoms with Gasteiger partial charge in [-0.2, -0.15) is 0 Å². The molecule has 3 heteroatoms. The first-order chi connectivity index (χ1) is 5.99. The van der Waals surface area contributed by atoms with Crippen LogP contribution in [0.15, 0.2) is 18.5 Å². The van der Waals surface area contributed by atoms with E-state index < -0.39 is 0 Å². The van der Waals surface area contributed by atoms with Gasteiger partial charge in [-0.25, -0.2) is 0 Å². The first-order valence-corrected chi connectivity index (χ1v) is 4.31. The molecule has 0 fully saturated rings.